The number of rotatable bonds is 4. The SMILES string of the molecule is CNc1ncc2cc(-c3cc(NC(=O)c4cccc(C(F)(F)F)c4)cnc3C)c(C)nc2n1. The lowest BCUT2D eigenvalue weighted by molar-refractivity contribution is -0.137. The van der Waals surface area contributed by atoms with E-state index >= 15 is 0 Å². The largest absolute Gasteiger partial charge is 0.416 e. The maximum atomic E-state index is 13.0. The Morgan fingerprint density at radius 1 is 0.939 bits per heavy atom. The summed E-state index contributed by atoms with van der Waals surface area (Å²) in [4.78, 5) is 30.0. The molecule has 0 unspecified atom stereocenters. The number of amides is 1. The molecule has 0 bridgehead atoms. The maximum absolute atomic E-state index is 13.0. The minimum absolute atomic E-state index is 0.104. The van der Waals surface area contributed by atoms with E-state index in [1.165, 1.54) is 18.3 Å². The number of benzene rings is 1. The summed E-state index contributed by atoms with van der Waals surface area (Å²) in [6.07, 6.45) is -1.42. The number of halogens is 3. The zero-order valence-corrected chi connectivity index (χ0v) is 17.9. The van der Waals surface area contributed by atoms with Crippen molar-refractivity contribution >= 4 is 28.6 Å². The molecule has 1 aromatic carbocycles. The highest BCUT2D eigenvalue weighted by atomic mass is 19.4. The van der Waals surface area contributed by atoms with Crippen molar-refractivity contribution in [3.05, 3.63) is 71.3 Å². The van der Waals surface area contributed by atoms with Gasteiger partial charge in [-0.1, -0.05) is 6.07 Å². The van der Waals surface area contributed by atoms with Crippen LogP contribution in [0.5, 0.6) is 0 Å². The molecule has 4 rings (SSSR count). The van der Waals surface area contributed by atoms with Crippen LogP contribution in [0.3, 0.4) is 0 Å². The minimum atomic E-state index is -4.53. The molecule has 10 heteroatoms. The summed E-state index contributed by atoms with van der Waals surface area (Å²) >= 11 is 0. The van der Waals surface area contributed by atoms with Gasteiger partial charge in [0.05, 0.1) is 17.4 Å². The molecule has 33 heavy (non-hydrogen) atoms. The highest BCUT2D eigenvalue weighted by Crippen LogP contribution is 2.31. The van der Waals surface area contributed by atoms with Crippen LogP contribution < -0.4 is 10.6 Å². The second-order valence-electron chi connectivity index (χ2n) is 7.37. The normalized spacial score (nSPS) is 11.5. The number of aromatic nitrogens is 4. The van der Waals surface area contributed by atoms with Gasteiger partial charge in [0.1, 0.15) is 0 Å². The van der Waals surface area contributed by atoms with Crippen molar-refractivity contribution in [2.45, 2.75) is 20.0 Å². The molecule has 0 saturated heterocycles. The Kier molecular flexibility index (Phi) is 5.67. The molecule has 0 fully saturated rings. The van der Waals surface area contributed by atoms with Crippen LogP contribution in [0.15, 0.2) is 48.8 Å². The lowest BCUT2D eigenvalue weighted by atomic mass is 10.0. The van der Waals surface area contributed by atoms with Gasteiger partial charge in [-0.3, -0.25) is 9.78 Å². The Morgan fingerprint density at radius 3 is 2.42 bits per heavy atom. The molecule has 2 N–H and O–H groups in total. The number of nitrogens with one attached hydrogen (secondary N) is 2. The van der Waals surface area contributed by atoms with Crippen molar-refractivity contribution in [2.24, 2.45) is 0 Å². The smallest absolute Gasteiger partial charge is 0.357 e. The lowest BCUT2D eigenvalue weighted by Crippen LogP contribution is -2.14. The number of fused-ring (bicyclic) bond motifs is 1. The van der Waals surface area contributed by atoms with Gasteiger partial charge in [0.15, 0.2) is 5.65 Å². The minimum Gasteiger partial charge on any atom is -0.357 e. The monoisotopic (exact) mass is 452 g/mol. The van der Waals surface area contributed by atoms with Crippen molar-refractivity contribution < 1.29 is 18.0 Å². The van der Waals surface area contributed by atoms with Crippen molar-refractivity contribution in [1.82, 2.24) is 19.9 Å². The maximum Gasteiger partial charge on any atom is 0.416 e. The van der Waals surface area contributed by atoms with E-state index in [1.807, 2.05) is 19.9 Å². The van der Waals surface area contributed by atoms with Crippen molar-refractivity contribution in [3.63, 3.8) is 0 Å². The van der Waals surface area contributed by atoms with Gasteiger partial charge in [-0.05, 0) is 44.2 Å². The molecule has 3 aromatic heterocycles. The van der Waals surface area contributed by atoms with Crippen molar-refractivity contribution in [2.75, 3.05) is 17.7 Å². The molecule has 7 nitrogen and oxygen atoms in total. The predicted molar refractivity (Wildman–Crippen MR) is 119 cm³/mol. The number of carbonyl (C=O) groups is 1. The Hall–Kier alpha value is -4.08. The van der Waals surface area contributed by atoms with E-state index < -0.39 is 17.6 Å². The predicted octanol–water partition coefficient (Wildman–Crippen LogP) is 5.02. The van der Waals surface area contributed by atoms with E-state index in [0.29, 0.717) is 28.7 Å². The van der Waals surface area contributed by atoms with Gasteiger partial charge < -0.3 is 10.6 Å². The van der Waals surface area contributed by atoms with Gasteiger partial charge in [0, 0.05) is 46.7 Å². The Labute approximate surface area is 187 Å². The zero-order chi connectivity index (χ0) is 23.8. The third-order valence-electron chi connectivity index (χ3n) is 5.07. The number of nitrogens with zero attached hydrogens (tertiary/aromatic N) is 4. The molecular formula is C23H19F3N6O. The average molecular weight is 452 g/mol. The van der Waals surface area contributed by atoms with Gasteiger partial charge in [-0.25, -0.2) is 9.97 Å². The second-order valence-corrected chi connectivity index (χ2v) is 7.37. The summed E-state index contributed by atoms with van der Waals surface area (Å²) < 4.78 is 38.9. The molecule has 168 valence electrons. The molecular weight excluding hydrogens is 433 g/mol. The quantitative estimate of drug-likeness (QED) is 0.452. The summed E-state index contributed by atoms with van der Waals surface area (Å²) in [5, 5.41) is 6.22. The van der Waals surface area contributed by atoms with Gasteiger partial charge in [-0.2, -0.15) is 18.2 Å². The Morgan fingerprint density at radius 2 is 1.70 bits per heavy atom. The van der Waals surface area contributed by atoms with E-state index in [9.17, 15) is 18.0 Å². The molecule has 0 aliphatic carbocycles. The summed E-state index contributed by atoms with van der Waals surface area (Å²) in [6.45, 7) is 3.65. The molecule has 4 aromatic rings. The first-order valence-electron chi connectivity index (χ1n) is 9.93. The first kappa shape index (κ1) is 22.1. The zero-order valence-electron chi connectivity index (χ0n) is 17.9. The fraction of sp³-hybridized carbons (Fsp3) is 0.174. The summed E-state index contributed by atoms with van der Waals surface area (Å²) in [6, 6.07) is 7.86. The Balaban J connectivity index is 1.68. The van der Waals surface area contributed by atoms with Gasteiger partial charge in [0.2, 0.25) is 5.95 Å². The topological polar surface area (TPSA) is 92.7 Å². The van der Waals surface area contributed by atoms with E-state index in [2.05, 4.69) is 30.6 Å². The average Bonchev–Trinajstić information content (AvgIpc) is 2.79. The summed E-state index contributed by atoms with van der Waals surface area (Å²) in [5.74, 6) is -0.210. The van der Waals surface area contributed by atoms with Crippen LogP contribution >= 0.6 is 0 Å². The fourth-order valence-electron chi connectivity index (χ4n) is 3.36. The van der Waals surface area contributed by atoms with Gasteiger partial charge in [-0.15, -0.1) is 0 Å². The molecule has 3 heterocycles. The molecule has 0 atom stereocenters. The van der Waals surface area contributed by atoms with Gasteiger partial charge >= 0.3 is 6.18 Å². The van der Waals surface area contributed by atoms with Crippen LogP contribution in [0.25, 0.3) is 22.2 Å². The molecule has 0 radical (unpaired) electrons. The third kappa shape index (κ3) is 4.59. The summed E-state index contributed by atoms with van der Waals surface area (Å²) in [5.41, 5.74) is 2.80. The van der Waals surface area contributed by atoms with E-state index in [4.69, 9.17) is 0 Å². The van der Waals surface area contributed by atoms with E-state index in [0.717, 1.165) is 28.6 Å². The molecule has 0 spiro atoms. The number of hydrogen-bond donors (Lipinski definition) is 2. The molecule has 0 aliphatic rings. The van der Waals surface area contributed by atoms with Crippen molar-refractivity contribution in [1.29, 1.82) is 0 Å². The van der Waals surface area contributed by atoms with Crippen LogP contribution in [-0.2, 0) is 6.18 Å². The third-order valence-corrected chi connectivity index (χ3v) is 5.07. The Bertz CT molecular complexity index is 1370. The van der Waals surface area contributed by atoms with Crippen LogP contribution in [0.1, 0.15) is 27.3 Å². The van der Waals surface area contributed by atoms with Crippen LogP contribution in [0.2, 0.25) is 0 Å². The van der Waals surface area contributed by atoms with E-state index in [-0.39, 0.29) is 5.56 Å². The lowest BCUT2D eigenvalue weighted by Gasteiger charge is -2.13. The number of aryl methyl sites for hydroxylation is 2. The van der Waals surface area contributed by atoms with Crippen LogP contribution in [0, 0.1) is 13.8 Å². The summed E-state index contributed by atoms with van der Waals surface area (Å²) in [7, 11) is 1.72. The first-order valence-corrected chi connectivity index (χ1v) is 9.93. The number of carbonyl (C=O) groups excluding carboxylic acids is 1. The highest BCUT2D eigenvalue weighted by molar-refractivity contribution is 6.04. The standard InChI is InChI=1S/C23H19F3N6O/c1-12-19(18-8-15-10-29-22(27-3)32-20(15)30-13(18)2)9-17(11-28-12)31-21(33)14-5-4-6-16(7-14)23(24,25)26/h4-11H,1-3H3,(H,31,33)(H,27,29,30,32). The first-order chi connectivity index (χ1) is 15.7. The van der Waals surface area contributed by atoms with Crippen molar-refractivity contribution in [3.8, 4) is 11.1 Å². The molecule has 0 saturated carbocycles. The molecule has 1 amide bonds. The molecule has 0 aliphatic heterocycles. The fourth-order valence-corrected chi connectivity index (χ4v) is 3.36. The van der Waals surface area contributed by atoms with E-state index in [1.54, 1.807) is 19.3 Å². The number of pyridine rings is 2. The number of alkyl halides is 3. The van der Waals surface area contributed by atoms with Crippen LogP contribution in [0.4, 0.5) is 24.8 Å². The highest BCUT2D eigenvalue weighted by Gasteiger charge is 2.30. The van der Waals surface area contributed by atoms with Gasteiger partial charge in [0.25, 0.3) is 5.91 Å². The second kappa shape index (κ2) is 8.45. The van der Waals surface area contributed by atoms with Crippen LogP contribution in [-0.4, -0.2) is 32.9 Å². The number of anilines is 2. The number of hydrogen-bond acceptors (Lipinski definition) is 6.